The normalized spacial score (nSPS) is 18.2. The zero-order valence-electron chi connectivity index (χ0n) is 15.5. The first-order chi connectivity index (χ1) is 11.6. The van der Waals surface area contributed by atoms with E-state index in [0.717, 1.165) is 56.0 Å². The lowest BCUT2D eigenvalue weighted by Crippen LogP contribution is -2.44. The molecule has 25 heavy (non-hydrogen) atoms. The van der Waals surface area contributed by atoms with Crippen LogP contribution < -0.4 is 10.6 Å². The second-order valence-corrected chi connectivity index (χ2v) is 7.46. The molecule has 0 aliphatic carbocycles. The Kier molecular flexibility index (Phi) is 10.3. The van der Waals surface area contributed by atoms with Crippen molar-refractivity contribution in [2.24, 2.45) is 4.99 Å². The zero-order valence-corrected chi connectivity index (χ0v) is 19.4. The highest BCUT2D eigenvalue weighted by atomic mass is 127. The lowest BCUT2D eigenvalue weighted by molar-refractivity contribution is 0.0531. The minimum Gasteiger partial charge on any atom is -0.381 e. The Morgan fingerprint density at radius 3 is 2.44 bits per heavy atom. The Morgan fingerprint density at radius 1 is 1.24 bits per heavy atom. The van der Waals surface area contributed by atoms with E-state index in [-0.39, 0.29) is 29.4 Å². The van der Waals surface area contributed by atoms with Crippen LogP contribution in [0.2, 0.25) is 0 Å². The van der Waals surface area contributed by atoms with Gasteiger partial charge in [-0.3, -0.25) is 4.99 Å². The molecule has 6 heteroatoms. The molecule has 2 N–H and O–H groups in total. The van der Waals surface area contributed by atoms with E-state index in [2.05, 4.69) is 71.6 Å². The summed E-state index contributed by atoms with van der Waals surface area (Å²) in [6, 6.07) is 9.11. The van der Waals surface area contributed by atoms with Gasteiger partial charge in [0.1, 0.15) is 0 Å². The molecule has 1 saturated heterocycles. The molecule has 1 aromatic rings. The van der Waals surface area contributed by atoms with E-state index in [0.29, 0.717) is 6.04 Å². The minimum atomic E-state index is 0. The van der Waals surface area contributed by atoms with Gasteiger partial charge in [0.2, 0.25) is 0 Å². The van der Waals surface area contributed by atoms with Gasteiger partial charge >= 0.3 is 0 Å². The third kappa shape index (κ3) is 6.71. The first kappa shape index (κ1) is 22.7. The second-order valence-electron chi connectivity index (χ2n) is 6.55. The zero-order chi connectivity index (χ0) is 17.4. The molecule has 1 unspecified atom stereocenters. The number of halogens is 2. The van der Waals surface area contributed by atoms with E-state index in [1.807, 2.05) is 0 Å². The molecule has 1 aliphatic heterocycles. The lowest BCUT2D eigenvalue weighted by Gasteiger charge is -2.37. The predicted molar refractivity (Wildman–Crippen MR) is 120 cm³/mol. The smallest absolute Gasteiger partial charge is 0.191 e. The number of nitrogens with zero attached hydrogens (tertiary/aromatic N) is 1. The van der Waals surface area contributed by atoms with Gasteiger partial charge in [-0.2, -0.15) is 0 Å². The lowest BCUT2D eigenvalue weighted by atomic mass is 9.74. The van der Waals surface area contributed by atoms with Crippen molar-refractivity contribution in [3.05, 3.63) is 34.3 Å². The summed E-state index contributed by atoms with van der Waals surface area (Å²) in [5.41, 5.74) is 1.42. The third-order valence-corrected chi connectivity index (χ3v) is 5.31. The van der Waals surface area contributed by atoms with E-state index in [4.69, 9.17) is 9.73 Å². The summed E-state index contributed by atoms with van der Waals surface area (Å²) in [7, 11) is 0. The van der Waals surface area contributed by atoms with Crippen molar-refractivity contribution in [2.45, 2.75) is 51.5 Å². The Hall–Kier alpha value is -0.340. The average Bonchev–Trinajstić information content (AvgIpc) is 2.61. The van der Waals surface area contributed by atoms with Gasteiger partial charge in [0, 0.05) is 35.7 Å². The summed E-state index contributed by atoms with van der Waals surface area (Å²) in [6.07, 6.45) is 3.11. The fourth-order valence-corrected chi connectivity index (χ4v) is 3.25. The molecule has 4 nitrogen and oxygen atoms in total. The number of ether oxygens (including phenoxy) is 1. The van der Waals surface area contributed by atoms with Crippen molar-refractivity contribution in [2.75, 3.05) is 26.3 Å². The van der Waals surface area contributed by atoms with Gasteiger partial charge in [0.05, 0.1) is 6.54 Å². The Labute approximate surface area is 177 Å². The van der Waals surface area contributed by atoms with Gasteiger partial charge in [-0.25, -0.2) is 0 Å². The van der Waals surface area contributed by atoms with Crippen molar-refractivity contribution in [1.29, 1.82) is 0 Å². The molecule has 0 saturated carbocycles. The van der Waals surface area contributed by atoms with Crippen molar-refractivity contribution >= 4 is 45.9 Å². The summed E-state index contributed by atoms with van der Waals surface area (Å²) < 4.78 is 6.73. The standard InChI is InChI=1S/C19H30BrN3O.HI/c1-4-15(3)23-18(21-5-2)22-14-19(10-12-24-13-11-19)16-6-8-17(20)9-7-16;/h6-9,15H,4-5,10-14H2,1-3H3,(H2,21,22,23);1H. The van der Waals surface area contributed by atoms with Crippen molar-refractivity contribution < 1.29 is 4.74 Å². The molecule has 0 aromatic heterocycles. The van der Waals surface area contributed by atoms with Crippen LogP contribution in [0.25, 0.3) is 0 Å². The number of nitrogens with one attached hydrogen (secondary N) is 2. The largest absolute Gasteiger partial charge is 0.381 e. The Bertz CT molecular complexity index is 530. The number of hydrogen-bond donors (Lipinski definition) is 2. The van der Waals surface area contributed by atoms with Gasteiger partial charge in [0.15, 0.2) is 5.96 Å². The first-order valence-electron chi connectivity index (χ1n) is 8.98. The predicted octanol–water partition coefficient (Wildman–Crippen LogP) is 4.47. The molecule has 0 bridgehead atoms. The van der Waals surface area contributed by atoms with Gasteiger partial charge in [-0.15, -0.1) is 24.0 Å². The quantitative estimate of drug-likeness (QED) is 0.328. The molecule has 0 radical (unpaired) electrons. The molecule has 2 rings (SSSR count). The number of benzene rings is 1. The Balaban J connectivity index is 0.00000312. The molecule has 1 heterocycles. The highest BCUT2D eigenvalue weighted by molar-refractivity contribution is 14.0. The average molecular weight is 524 g/mol. The molecular weight excluding hydrogens is 493 g/mol. The highest BCUT2D eigenvalue weighted by Gasteiger charge is 2.34. The molecular formula is C19H31BrIN3O. The van der Waals surface area contributed by atoms with Crippen molar-refractivity contribution in [1.82, 2.24) is 10.6 Å². The topological polar surface area (TPSA) is 45.7 Å². The van der Waals surface area contributed by atoms with E-state index in [1.54, 1.807) is 0 Å². The molecule has 0 amide bonds. The molecule has 1 atom stereocenters. The number of guanidine groups is 1. The van der Waals surface area contributed by atoms with Crippen LogP contribution in [-0.2, 0) is 10.2 Å². The summed E-state index contributed by atoms with van der Waals surface area (Å²) in [5.74, 6) is 0.912. The van der Waals surface area contributed by atoms with E-state index in [9.17, 15) is 0 Å². The summed E-state index contributed by atoms with van der Waals surface area (Å²) in [4.78, 5) is 4.92. The minimum absolute atomic E-state index is 0. The van der Waals surface area contributed by atoms with E-state index in [1.165, 1.54) is 5.56 Å². The fraction of sp³-hybridized carbons (Fsp3) is 0.632. The molecule has 1 fully saturated rings. The monoisotopic (exact) mass is 523 g/mol. The van der Waals surface area contributed by atoms with E-state index < -0.39 is 0 Å². The van der Waals surface area contributed by atoms with Crippen LogP contribution in [-0.4, -0.2) is 38.3 Å². The van der Waals surface area contributed by atoms with Crippen LogP contribution in [0.5, 0.6) is 0 Å². The Morgan fingerprint density at radius 2 is 1.88 bits per heavy atom. The maximum Gasteiger partial charge on any atom is 0.191 e. The van der Waals surface area contributed by atoms with E-state index >= 15 is 0 Å². The maximum atomic E-state index is 5.62. The van der Waals surface area contributed by atoms with Gasteiger partial charge < -0.3 is 15.4 Å². The van der Waals surface area contributed by atoms with Crippen LogP contribution in [0.15, 0.2) is 33.7 Å². The summed E-state index contributed by atoms with van der Waals surface area (Å²) >= 11 is 3.53. The van der Waals surface area contributed by atoms with Crippen molar-refractivity contribution in [3.63, 3.8) is 0 Å². The van der Waals surface area contributed by atoms with Crippen LogP contribution in [0.4, 0.5) is 0 Å². The highest BCUT2D eigenvalue weighted by Crippen LogP contribution is 2.35. The SMILES string of the molecule is CCNC(=NCC1(c2ccc(Br)cc2)CCOCC1)NC(C)CC.I. The fourth-order valence-electron chi connectivity index (χ4n) is 2.99. The van der Waals surface area contributed by atoms with Crippen LogP contribution >= 0.6 is 39.9 Å². The van der Waals surface area contributed by atoms with Crippen molar-refractivity contribution in [3.8, 4) is 0 Å². The summed E-state index contributed by atoms with van der Waals surface area (Å²) in [5, 5.41) is 6.85. The number of rotatable bonds is 6. The van der Waals surface area contributed by atoms with Crippen LogP contribution in [0.1, 0.15) is 45.6 Å². The molecule has 142 valence electrons. The maximum absolute atomic E-state index is 5.62. The first-order valence-corrected chi connectivity index (χ1v) is 9.77. The van der Waals surface area contributed by atoms with Crippen LogP contribution in [0.3, 0.4) is 0 Å². The second kappa shape index (κ2) is 11.4. The summed E-state index contributed by atoms with van der Waals surface area (Å²) in [6.45, 7) is 9.74. The van der Waals surface area contributed by atoms with Gasteiger partial charge in [-0.05, 0) is 50.8 Å². The number of hydrogen-bond acceptors (Lipinski definition) is 2. The number of aliphatic imine (C=N–C) groups is 1. The molecule has 1 aromatic carbocycles. The van der Waals surface area contributed by atoms with Gasteiger partial charge in [-0.1, -0.05) is 35.0 Å². The molecule has 0 spiro atoms. The third-order valence-electron chi connectivity index (χ3n) is 4.79. The molecule has 1 aliphatic rings. The van der Waals surface area contributed by atoms with Gasteiger partial charge in [0.25, 0.3) is 0 Å². The van der Waals surface area contributed by atoms with Crippen LogP contribution in [0, 0.1) is 0 Å².